The zero-order valence-corrected chi connectivity index (χ0v) is 26.0. The lowest BCUT2D eigenvalue weighted by Crippen LogP contribution is -2.08. The molecule has 0 aliphatic heterocycles. The highest BCUT2D eigenvalue weighted by Gasteiger charge is 2.21. The summed E-state index contributed by atoms with van der Waals surface area (Å²) in [6.07, 6.45) is 0. The number of para-hydroxylation sites is 2. The maximum absolute atomic E-state index is 10.0. The van der Waals surface area contributed by atoms with E-state index in [1.165, 1.54) is 24.3 Å². The molecule has 2 aromatic heterocycles. The van der Waals surface area contributed by atoms with E-state index in [1.54, 1.807) is 0 Å². The quantitative estimate of drug-likeness (QED) is 0.181. The van der Waals surface area contributed by atoms with Crippen molar-refractivity contribution in [1.82, 2.24) is 9.35 Å². The van der Waals surface area contributed by atoms with Gasteiger partial charge in [0.2, 0.25) is 0 Å². The maximum atomic E-state index is 10.0. The molecule has 8 rings (SSSR count). The van der Waals surface area contributed by atoms with E-state index in [0.717, 1.165) is 43.6 Å². The van der Waals surface area contributed by atoms with Gasteiger partial charge in [0, 0.05) is 43.8 Å². The Morgan fingerprint density at radius 1 is 0.460 bits per heavy atom. The molecule has 0 aliphatic rings. The van der Waals surface area contributed by atoms with Gasteiger partial charge in [-0.2, -0.15) is 15.8 Å². The highest BCUT2D eigenvalue weighted by molar-refractivity contribution is 6.13. The molecule has 50 heavy (non-hydrogen) atoms. The highest BCUT2D eigenvalue weighted by atomic mass is 15.5. The van der Waals surface area contributed by atoms with Gasteiger partial charge in [-0.1, -0.05) is 54.6 Å². The van der Waals surface area contributed by atoms with Gasteiger partial charge >= 0.3 is 0 Å². The minimum absolute atomic E-state index is 0.242. The van der Waals surface area contributed by atoms with Crippen molar-refractivity contribution in [3.63, 3.8) is 0 Å². The van der Waals surface area contributed by atoms with E-state index in [9.17, 15) is 15.8 Å². The largest absolute Gasteiger partial charge is 0.248 e. The van der Waals surface area contributed by atoms with Crippen LogP contribution in [0.4, 0.5) is 17.1 Å². The molecule has 0 saturated heterocycles. The molecule has 0 aliphatic carbocycles. The van der Waals surface area contributed by atoms with Crippen molar-refractivity contribution in [3.05, 3.63) is 160 Å². The number of hydrogen-bond acceptors (Lipinski definition) is 3. The number of nitriles is 3. The number of nitrogens with zero attached hydrogens (tertiary/aromatic N) is 8. The lowest BCUT2D eigenvalue weighted by Gasteiger charge is -2.14. The third-order valence-electron chi connectivity index (χ3n) is 9.03. The fourth-order valence-corrected chi connectivity index (χ4v) is 6.97. The van der Waals surface area contributed by atoms with Crippen molar-refractivity contribution in [2.45, 2.75) is 0 Å². The van der Waals surface area contributed by atoms with Crippen molar-refractivity contribution < 1.29 is 0 Å². The van der Waals surface area contributed by atoms with Gasteiger partial charge in [0.1, 0.15) is 0 Å². The molecular formula is C42H18N8. The van der Waals surface area contributed by atoms with Crippen LogP contribution < -0.4 is 0 Å². The highest BCUT2D eigenvalue weighted by Crippen LogP contribution is 2.43. The van der Waals surface area contributed by atoms with Gasteiger partial charge < -0.3 is 0 Å². The van der Waals surface area contributed by atoms with Crippen LogP contribution in [-0.2, 0) is 0 Å². The van der Waals surface area contributed by atoms with Crippen LogP contribution in [0.3, 0.4) is 0 Å². The second kappa shape index (κ2) is 11.3. The molecule has 0 spiro atoms. The van der Waals surface area contributed by atoms with E-state index in [0.29, 0.717) is 22.3 Å². The average molecular weight is 635 g/mol. The summed E-state index contributed by atoms with van der Waals surface area (Å²) in [5, 5.41) is 33.3. The van der Waals surface area contributed by atoms with Crippen LogP contribution in [0.1, 0.15) is 16.7 Å². The van der Waals surface area contributed by atoms with E-state index in [1.807, 2.05) is 78.9 Å². The smallest absolute Gasteiger partial charge is 0.197 e. The Labute approximate surface area is 285 Å². The van der Waals surface area contributed by atoms with Crippen LogP contribution in [0, 0.1) is 53.7 Å². The van der Waals surface area contributed by atoms with Crippen LogP contribution in [0.15, 0.2) is 109 Å². The molecule has 0 atom stereocenters. The summed E-state index contributed by atoms with van der Waals surface area (Å²) in [6.45, 7) is 23.1. The summed E-state index contributed by atoms with van der Waals surface area (Å²) in [6, 6.07) is 40.4. The third kappa shape index (κ3) is 4.19. The summed E-state index contributed by atoms with van der Waals surface area (Å²) < 4.78 is 4.32. The van der Waals surface area contributed by atoms with Crippen molar-refractivity contribution in [3.8, 4) is 40.5 Å². The molecule has 0 bridgehead atoms. The minimum atomic E-state index is 0.242. The zero-order chi connectivity index (χ0) is 34.5. The molecule has 8 heteroatoms. The Hall–Kier alpha value is -8.14. The monoisotopic (exact) mass is 634 g/mol. The summed E-state index contributed by atoms with van der Waals surface area (Å²) in [4.78, 5) is 10.8. The zero-order valence-electron chi connectivity index (χ0n) is 26.0. The van der Waals surface area contributed by atoms with E-state index in [2.05, 4.69) is 48.2 Å². The lowest BCUT2D eigenvalue weighted by atomic mass is 9.95. The van der Waals surface area contributed by atoms with Crippen molar-refractivity contribution in [2.75, 3.05) is 0 Å². The van der Waals surface area contributed by atoms with Crippen LogP contribution in [-0.4, -0.2) is 9.35 Å². The summed E-state index contributed by atoms with van der Waals surface area (Å²) >= 11 is 0. The number of benzene rings is 6. The Morgan fingerprint density at radius 2 is 0.940 bits per heavy atom. The molecule has 8 nitrogen and oxygen atoms in total. The van der Waals surface area contributed by atoms with Crippen LogP contribution in [0.2, 0.25) is 0 Å². The predicted octanol–water partition coefficient (Wildman–Crippen LogP) is 10.8. The molecule has 0 amide bonds. The number of rotatable bonds is 3. The Morgan fingerprint density at radius 3 is 1.42 bits per heavy atom. The van der Waals surface area contributed by atoms with Gasteiger partial charge in [0.15, 0.2) is 17.1 Å². The number of hydrogen-bond donors (Lipinski definition) is 0. The molecule has 0 N–H and O–H groups in total. The fraction of sp³-hybridized carbons (Fsp3) is 0. The summed E-state index contributed by atoms with van der Waals surface area (Å²) in [5.74, 6) is 0. The molecular weight excluding hydrogens is 617 g/mol. The van der Waals surface area contributed by atoms with Gasteiger partial charge in [-0.15, -0.1) is 0 Å². The maximum Gasteiger partial charge on any atom is 0.197 e. The minimum Gasteiger partial charge on any atom is -0.248 e. The first-order valence-corrected chi connectivity index (χ1v) is 15.3. The Balaban J connectivity index is 1.43. The van der Waals surface area contributed by atoms with Crippen LogP contribution in [0.25, 0.3) is 80.4 Å². The first-order valence-electron chi connectivity index (χ1n) is 15.3. The predicted molar refractivity (Wildman–Crippen MR) is 193 cm³/mol. The first kappa shape index (κ1) is 29.3. The van der Waals surface area contributed by atoms with E-state index in [4.69, 9.17) is 19.7 Å². The van der Waals surface area contributed by atoms with Crippen molar-refractivity contribution in [1.29, 1.82) is 15.8 Å². The summed E-state index contributed by atoms with van der Waals surface area (Å²) in [7, 11) is 0. The van der Waals surface area contributed by atoms with E-state index in [-0.39, 0.29) is 33.8 Å². The van der Waals surface area contributed by atoms with Gasteiger partial charge in [-0.3, -0.25) is 0 Å². The van der Waals surface area contributed by atoms with Gasteiger partial charge in [0.05, 0.1) is 65.6 Å². The fourth-order valence-electron chi connectivity index (χ4n) is 6.97. The molecule has 2 heterocycles. The second-order valence-electron chi connectivity index (χ2n) is 11.6. The van der Waals surface area contributed by atoms with Crippen molar-refractivity contribution in [2.24, 2.45) is 0 Å². The van der Waals surface area contributed by atoms with E-state index < -0.39 is 0 Å². The standard InChI is InChI=1S/C42H18N8/c1-46-30-18-29(24-45)42(36(21-30)48-3)27-13-15-40-34(20-27)32-9-5-7-11-38(32)50(40)49-37-10-6-4-8-31(37)33-19-26(12-14-39(33)49)41-28(23-44)16-25(22-43)17-35(41)47-2/h4-21H. The van der Waals surface area contributed by atoms with Crippen LogP contribution >= 0.6 is 0 Å². The van der Waals surface area contributed by atoms with Gasteiger partial charge in [0.25, 0.3) is 0 Å². The number of aromatic nitrogens is 2. The average Bonchev–Trinajstić information content (AvgIpc) is 3.67. The van der Waals surface area contributed by atoms with Crippen molar-refractivity contribution >= 4 is 60.7 Å². The van der Waals surface area contributed by atoms with Gasteiger partial charge in [-0.05, 0) is 65.7 Å². The lowest BCUT2D eigenvalue weighted by molar-refractivity contribution is 0.775. The normalized spacial score (nSPS) is 10.7. The number of fused-ring (bicyclic) bond motifs is 6. The van der Waals surface area contributed by atoms with Crippen LogP contribution in [0.5, 0.6) is 0 Å². The first-order chi connectivity index (χ1) is 24.5. The summed E-state index contributed by atoms with van der Waals surface area (Å²) in [5.41, 5.74) is 7.61. The molecule has 0 saturated carbocycles. The molecule has 0 unspecified atom stereocenters. The topological polar surface area (TPSA) is 94.3 Å². The molecule has 0 fully saturated rings. The second-order valence-corrected chi connectivity index (χ2v) is 11.6. The van der Waals surface area contributed by atoms with Gasteiger partial charge in [-0.25, -0.2) is 23.9 Å². The third-order valence-corrected chi connectivity index (χ3v) is 9.03. The Bertz CT molecular complexity index is 2780. The molecule has 0 radical (unpaired) electrons. The molecule has 6 aromatic carbocycles. The van der Waals surface area contributed by atoms with E-state index >= 15 is 0 Å². The SMILES string of the molecule is [C-]#[N+]c1cc(C#N)c(-c2ccc3c(c2)c2ccccc2n3-n2c3ccccc3c3cc(-c4c(C#N)cc(C#N)cc4[N+]#[C-])ccc32)c([N+]#[C-])c1. The molecule has 226 valence electrons. The Kier molecular flexibility index (Phi) is 6.60. The molecule has 8 aromatic rings.